The molecule has 1 aliphatic heterocycles. The number of halogens is 3. The molecule has 23 heavy (non-hydrogen) atoms. The topological polar surface area (TPSA) is 81.4 Å². The molecule has 2 atom stereocenters. The highest BCUT2D eigenvalue weighted by molar-refractivity contribution is 5.79. The van der Waals surface area contributed by atoms with Gasteiger partial charge in [0.25, 0.3) is 0 Å². The van der Waals surface area contributed by atoms with Gasteiger partial charge in [0.05, 0.1) is 18.1 Å². The molecule has 1 fully saturated rings. The van der Waals surface area contributed by atoms with Gasteiger partial charge in [-0.15, -0.1) is 0 Å². The molecule has 0 radical (unpaired) electrons. The Labute approximate surface area is 131 Å². The number of nitrogens with two attached hydrogens (primary N) is 1. The molecule has 126 valence electrons. The maximum Gasteiger partial charge on any atom is 0.416 e. The zero-order valence-corrected chi connectivity index (χ0v) is 12.2. The van der Waals surface area contributed by atoms with Crippen molar-refractivity contribution in [2.75, 3.05) is 6.54 Å². The van der Waals surface area contributed by atoms with Crippen molar-refractivity contribution in [2.45, 2.75) is 37.6 Å². The molecule has 0 bridgehead atoms. The predicted molar refractivity (Wildman–Crippen MR) is 75.2 cm³/mol. The van der Waals surface area contributed by atoms with Gasteiger partial charge in [0.1, 0.15) is 6.10 Å². The fourth-order valence-electron chi connectivity index (χ4n) is 2.48. The number of alkyl halides is 3. The number of rotatable bonds is 5. The zero-order valence-electron chi connectivity index (χ0n) is 12.2. The van der Waals surface area contributed by atoms with E-state index in [0.717, 1.165) is 6.07 Å². The van der Waals surface area contributed by atoms with E-state index in [0.29, 0.717) is 12.8 Å². The van der Waals surface area contributed by atoms with Gasteiger partial charge >= 0.3 is 6.18 Å². The first-order valence-electron chi connectivity index (χ1n) is 7.14. The summed E-state index contributed by atoms with van der Waals surface area (Å²) in [5, 5.41) is 2.53. The van der Waals surface area contributed by atoms with Crippen molar-refractivity contribution in [3.63, 3.8) is 0 Å². The van der Waals surface area contributed by atoms with E-state index in [1.165, 1.54) is 18.2 Å². The van der Waals surface area contributed by atoms with Crippen molar-refractivity contribution in [1.82, 2.24) is 5.32 Å². The smallest absolute Gasteiger partial charge is 0.367 e. The Bertz CT molecular complexity index is 590. The van der Waals surface area contributed by atoms with Crippen molar-refractivity contribution in [1.29, 1.82) is 0 Å². The third-order valence-corrected chi connectivity index (χ3v) is 3.63. The van der Waals surface area contributed by atoms with Crippen LogP contribution in [0.4, 0.5) is 13.2 Å². The van der Waals surface area contributed by atoms with Crippen LogP contribution in [-0.4, -0.2) is 30.6 Å². The number of ether oxygens (including phenoxy) is 1. The average molecular weight is 330 g/mol. The first kappa shape index (κ1) is 17.3. The molecule has 2 amide bonds. The van der Waals surface area contributed by atoms with Crippen LogP contribution < -0.4 is 11.1 Å². The van der Waals surface area contributed by atoms with Gasteiger partial charge in [-0.1, -0.05) is 18.2 Å². The van der Waals surface area contributed by atoms with Gasteiger partial charge in [-0.2, -0.15) is 13.2 Å². The number of hydrogen-bond donors (Lipinski definition) is 2. The summed E-state index contributed by atoms with van der Waals surface area (Å²) < 4.78 is 43.9. The lowest BCUT2D eigenvalue weighted by molar-refractivity contribution is -0.138. The van der Waals surface area contributed by atoms with Gasteiger partial charge in [-0.05, 0) is 24.5 Å². The van der Waals surface area contributed by atoms with Crippen LogP contribution in [0.2, 0.25) is 0 Å². The van der Waals surface area contributed by atoms with Crippen LogP contribution in [-0.2, 0) is 26.9 Å². The van der Waals surface area contributed by atoms with Crippen molar-refractivity contribution >= 4 is 11.8 Å². The Kier molecular flexibility index (Phi) is 5.25. The standard InChI is InChI=1S/C15H17F3N2O3/c16-15(17,18)11-4-2-1-3-9(11)7-13(21)20-8-10-5-6-12(23-10)14(19)22/h1-4,10,12H,5-8H2,(H2,19,22)(H,20,21)/t10-,12-/m1/s1. The molecule has 3 N–H and O–H groups in total. The Balaban J connectivity index is 1.88. The second kappa shape index (κ2) is 6.99. The highest BCUT2D eigenvalue weighted by atomic mass is 19.4. The van der Waals surface area contributed by atoms with E-state index in [9.17, 15) is 22.8 Å². The van der Waals surface area contributed by atoms with Gasteiger partial charge in [-0.25, -0.2) is 0 Å². The Morgan fingerprint density at radius 2 is 1.96 bits per heavy atom. The molecular weight excluding hydrogens is 313 g/mol. The highest BCUT2D eigenvalue weighted by Crippen LogP contribution is 2.32. The second-order valence-corrected chi connectivity index (χ2v) is 5.36. The Morgan fingerprint density at radius 1 is 1.26 bits per heavy atom. The van der Waals surface area contributed by atoms with Crippen LogP contribution in [0, 0.1) is 0 Å². The molecule has 1 aromatic carbocycles. The molecule has 0 aromatic heterocycles. The molecule has 2 rings (SSSR count). The average Bonchev–Trinajstić information content (AvgIpc) is 2.94. The SMILES string of the molecule is NC(=O)[C@H]1CC[C@H](CNC(=O)Cc2ccccc2C(F)(F)F)O1. The molecule has 1 aliphatic rings. The molecule has 1 heterocycles. The van der Waals surface area contributed by atoms with E-state index in [4.69, 9.17) is 10.5 Å². The maximum absolute atomic E-state index is 12.9. The van der Waals surface area contributed by atoms with Gasteiger partial charge in [-0.3, -0.25) is 9.59 Å². The summed E-state index contributed by atoms with van der Waals surface area (Å²) in [7, 11) is 0. The quantitative estimate of drug-likeness (QED) is 0.856. The van der Waals surface area contributed by atoms with E-state index in [1.54, 1.807) is 0 Å². The highest BCUT2D eigenvalue weighted by Gasteiger charge is 2.33. The zero-order chi connectivity index (χ0) is 17.0. The predicted octanol–water partition coefficient (Wildman–Crippen LogP) is 1.40. The van der Waals surface area contributed by atoms with E-state index in [-0.39, 0.29) is 24.6 Å². The molecule has 0 spiro atoms. The fraction of sp³-hybridized carbons (Fsp3) is 0.467. The number of carbonyl (C=O) groups excluding carboxylic acids is 2. The molecule has 0 aliphatic carbocycles. The van der Waals surface area contributed by atoms with E-state index < -0.39 is 29.7 Å². The minimum Gasteiger partial charge on any atom is -0.367 e. The van der Waals surface area contributed by atoms with E-state index >= 15 is 0 Å². The maximum atomic E-state index is 12.9. The number of primary amides is 1. The van der Waals surface area contributed by atoms with Crippen LogP contribution >= 0.6 is 0 Å². The van der Waals surface area contributed by atoms with Crippen molar-refractivity contribution in [3.05, 3.63) is 35.4 Å². The van der Waals surface area contributed by atoms with Crippen LogP contribution in [0.1, 0.15) is 24.0 Å². The molecule has 1 saturated heterocycles. The summed E-state index contributed by atoms with van der Waals surface area (Å²) in [4.78, 5) is 22.8. The largest absolute Gasteiger partial charge is 0.416 e. The summed E-state index contributed by atoms with van der Waals surface area (Å²) in [6.45, 7) is 0.136. The second-order valence-electron chi connectivity index (χ2n) is 5.36. The summed E-state index contributed by atoms with van der Waals surface area (Å²) in [5.41, 5.74) is 4.22. The number of carbonyl (C=O) groups is 2. The molecular formula is C15H17F3N2O3. The van der Waals surface area contributed by atoms with Crippen molar-refractivity contribution in [3.8, 4) is 0 Å². The summed E-state index contributed by atoms with van der Waals surface area (Å²) in [5.74, 6) is -1.09. The third kappa shape index (κ3) is 4.69. The van der Waals surface area contributed by atoms with Crippen LogP contribution in [0.5, 0.6) is 0 Å². The Hall–Kier alpha value is -2.09. The van der Waals surface area contributed by atoms with Crippen LogP contribution in [0.15, 0.2) is 24.3 Å². The van der Waals surface area contributed by atoms with Gasteiger partial charge in [0, 0.05) is 6.54 Å². The van der Waals surface area contributed by atoms with Gasteiger partial charge in [0.2, 0.25) is 11.8 Å². The normalized spacial score (nSPS) is 21.2. The number of amides is 2. The van der Waals surface area contributed by atoms with E-state index in [2.05, 4.69) is 5.32 Å². The van der Waals surface area contributed by atoms with Crippen LogP contribution in [0.25, 0.3) is 0 Å². The molecule has 5 nitrogen and oxygen atoms in total. The van der Waals surface area contributed by atoms with E-state index in [1.807, 2.05) is 0 Å². The number of hydrogen-bond acceptors (Lipinski definition) is 3. The van der Waals surface area contributed by atoms with Gasteiger partial charge < -0.3 is 15.8 Å². The third-order valence-electron chi connectivity index (χ3n) is 3.63. The molecule has 0 unspecified atom stereocenters. The lowest BCUT2D eigenvalue weighted by Crippen LogP contribution is -2.35. The first-order chi connectivity index (χ1) is 10.8. The van der Waals surface area contributed by atoms with Gasteiger partial charge in [0.15, 0.2) is 0 Å². The molecule has 1 aromatic rings. The lowest BCUT2D eigenvalue weighted by atomic mass is 10.0. The van der Waals surface area contributed by atoms with Crippen LogP contribution in [0.3, 0.4) is 0 Å². The number of benzene rings is 1. The van der Waals surface area contributed by atoms with Crippen molar-refractivity contribution < 1.29 is 27.5 Å². The summed E-state index contributed by atoms with van der Waals surface area (Å²) in [6, 6.07) is 4.95. The fourth-order valence-corrected chi connectivity index (χ4v) is 2.48. The molecule has 8 heteroatoms. The molecule has 0 saturated carbocycles. The monoisotopic (exact) mass is 330 g/mol. The minimum atomic E-state index is -4.50. The lowest BCUT2D eigenvalue weighted by Gasteiger charge is -2.14. The van der Waals surface area contributed by atoms with Crippen molar-refractivity contribution in [2.24, 2.45) is 5.73 Å². The summed E-state index contributed by atoms with van der Waals surface area (Å²) >= 11 is 0. The number of nitrogens with one attached hydrogen (secondary N) is 1. The minimum absolute atomic E-state index is 0.0835. The summed E-state index contributed by atoms with van der Waals surface area (Å²) in [6.07, 6.45) is -4.85. The Morgan fingerprint density at radius 3 is 2.57 bits per heavy atom. The first-order valence-corrected chi connectivity index (χ1v) is 7.14.